The summed E-state index contributed by atoms with van der Waals surface area (Å²) in [7, 11) is 0. The lowest BCUT2D eigenvalue weighted by Gasteiger charge is -2.49. The predicted octanol–water partition coefficient (Wildman–Crippen LogP) is 0.948. The lowest BCUT2D eigenvalue weighted by Crippen LogP contribution is -2.71. The topological polar surface area (TPSA) is 210 Å². The Labute approximate surface area is 222 Å². The average molecular weight is 595 g/mol. The van der Waals surface area contributed by atoms with Gasteiger partial charge in [0.15, 0.2) is 19.5 Å². The fraction of sp³-hybridized carbons (Fsp3) is 0.312. The third kappa shape index (κ3) is 5.23. The van der Waals surface area contributed by atoms with E-state index in [1.807, 2.05) is 0 Å². The SMILES string of the molecule is NCCSc1nnc(SC2=C(C(=O)O)N3C(=O)[C@@H](NC(=O)/C(=N\O)c4nc(N)sc4Cl)[C@@H]3SC2)s1. The number of thiazole rings is 1. The van der Waals surface area contributed by atoms with Crippen LogP contribution in [0.2, 0.25) is 4.34 Å². The van der Waals surface area contributed by atoms with Crippen LogP contribution in [0.15, 0.2) is 24.4 Å². The fourth-order valence-corrected chi connectivity index (χ4v) is 8.52. The van der Waals surface area contributed by atoms with Crippen LogP contribution in [0.3, 0.4) is 0 Å². The maximum Gasteiger partial charge on any atom is 0.353 e. The molecule has 2 atom stereocenters. The highest BCUT2D eigenvalue weighted by Gasteiger charge is 2.54. The number of halogens is 1. The molecule has 19 heteroatoms. The van der Waals surface area contributed by atoms with Gasteiger partial charge in [0.2, 0.25) is 0 Å². The van der Waals surface area contributed by atoms with Crippen LogP contribution in [0.25, 0.3) is 0 Å². The van der Waals surface area contributed by atoms with E-state index in [1.165, 1.54) is 34.9 Å². The average Bonchev–Trinajstić information content (AvgIpc) is 3.41. The number of oxime groups is 1. The Bertz CT molecular complexity index is 1250. The van der Waals surface area contributed by atoms with Gasteiger partial charge in [0.05, 0.1) is 0 Å². The summed E-state index contributed by atoms with van der Waals surface area (Å²) in [5, 5.41) is 32.1. The molecule has 2 aliphatic rings. The molecule has 186 valence electrons. The Hall–Kier alpha value is -2.09. The number of aromatic nitrogens is 3. The van der Waals surface area contributed by atoms with E-state index in [1.54, 1.807) is 0 Å². The molecule has 4 rings (SSSR count). The zero-order valence-electron chi connectivity index (χ0n) is 17.2. The van der Waals surface area contributed by atoms with Gasteiger partial charge in [-0.3, -0.25) is 14.5 Å². The molecule has 4 heterocycles. The number of amides is 2. The van der Waals surface area contributed by atoms with Gasteiger partial charge in [-0.05, 0) is 0 Å². The highest BCUT2D eigenvalue weighted by molar-refractivity contribution is 8.07. The molecule has 0 aliphatic carbocycles. The number of carboxylic acid groups (broad SMARTS) is 1. The number of β-lactam (4-membered cyclic amide) rings is 1. The van der Waals surface area contributed by atoms with Gasteiger partial charge in [-0.1, -0.05) is 63.0 Å². The van der Waals surface area contributed by atoms with Crippen LogP contribution in [0.4, 0.5) is 5.13 Å². The van der Waals surface area contributed by atoms with E-state index in [2.05, 4.69) is 25.7 Å². The van der Waals surface area contributed by atoms with Crippen molar-refractivity contribution in [2.75, 3.05) is 23.8 Å². The molecule has 0 unspecified atom stereocenters. The van der Waals surface area contributed by atoms with Gasteiger partial charge in [-0.15, -0.1) is 22.0 Å². The van der Waals surface area contributed by atoms with Gasteiger partial charge in [0, 0.05) is 23.0 Å². The number of rotatable bonds is 9. The summed E-state index contributed by atoms with van der Waals surface area (Å²) in [5.41, 5.74) is 10.2. The third-order valence-corrected chi connectivity index (χ3v) is 10.3. The number of hydrogen-bond acceptors (Lipinski definition) is 15. The zero-order valence-corrected chi connectivity index (χ0v) is 22.0. The largest absolute Gasteiger partial charge is 0.477 e. The summed E-state index contributed by atoms with van der Waals surface area (Å²) < 4.78 is 1.29. The second-order valence-corrected chi connectivity index (χ2v) is 13.0. The van der Waals surface area contributed by atoms with Crippen LogP contribution in [-0.2, 0) is 14.4 Å². The fourth-order valence-electron chi connectivity index (χ4n) is 3.09. The van der Waals surface area contributed by atoms with E-state index >= 15 is 0 Å². The quantitative estimate of drug-likeness (QED) is 0.0900. The number of thioether (sulfide) groups is 3. The lowest BCUT2D eigenvalue weighted by atomic mass is 10.0. The number of aliphatic carboxylic acids is 1. The first-order chi connectivity index (χ1) is 16.7. The molecular weight excluding hydrogens is 580 g/mol. The Morgan fingerprint density at radius 1 is 1.31 bits per heavy atom. The number of carbonyl (C=O) groups is 3. The van der Waals surface area contributed by atoms with Crippen molar-refractivity contribution in [3.05, 3.63) is 20.6 Å². The summed E-state index contributed by atoms with van der Waals surface area (Å²) in [5.74, 6) is -1.85. The first kappa shape index (κ1) is 26.0. The number of hydrogen-bond donors (Lipinski definition) is 5. The molecular formula is C16H15ClN8O5S5. The van der Waals surface area contributed by atoms with Crippen molar-refractivity contribution >= 4 is 98.2 Å². The Kier molecular flexibility index (Phi) is 8.09. The number of nitrogen functional groups attached to an aromatic ring is 1. The number of fused-ring (bicyclic) bond motifs is 1. The van der Waals surface area contributed by atoms with Crippen molar-refractivity contribution < 1.29 is 24.7 Å². The Morgan fingerprint density at radius 2 is 2.06 bits per heavy atom. The second kappa shape index (κ2) is 10.9. The molecule has 0 bridgehead atoms. The number of carboxylic acids is 1. The number of nitrogens with two attached hydrogens (primary N) is 2. The normalized spacial score (nSPS) is 20.0. The Balaban J connectivity index is 1.49. The first-order valence-corrected chi connectivity index (χ1v) is 14.3. The molecule has 35 heavy (non-hydrogen) atoms. The van der Waals surface area contributed by atoms with Gasteiger partial charge >= 0.3 is 5.97 Å². The highest BCUT2D eigenvalue weighted by Crippen LogP contribution is 2.46. The molecule has 13 nitrogen and oxygen atoms in total. The van der Waals surface area contributed by atoms with E-state index in [0.29, 0.717) is 25.9 Å². The second-order valence-electron chi connectivity index (χ2n) is 6.63. The summed E-state index contributed by atoms with van der Waals surface area (Å²) >= 11 is 12.0. The van der Waals surface area contributed by atoms with Crippen molar-refractivity contribution in [3.8, 4) is 0 Å². The van der Waals surface area contributed by atoms with E-state index in [9.17, 15) is 24.7 Å². The molecule has 2 aliphatic heterocycles. The van der Waals surface area contributed by atoms with Crippen molar-refractivity contribution in [1.82, 2.24) is 25.4 Å². The molecule has 0 spiro atoms. The molecule has 0 aromatic carbocycles. The zero-order chi connectivity index (χ0) is 25.3. The smallest absolute Gasteiger partial charge is 0.353 e. The maximum absolute atomic E-state index is 12.9. The number of nitrogens with zero attached hydrogens (tertiary/aromatic N) is 5. The van der Waals surface area contributed by atoms with Crippen molar-refractivity contribution in [1.29, 1.82) is 0 Å². The summed E-state index contributed by atoms with van der Waals surface area (Å²) in [4.78, 5) is 43.0. The van der Waals surface area contributed by atoms with E-state index < -0.39 is 34.9 Å². The Morgan fingerprint density at radius 3 is 2.69 bits per heavy atom. The van der Waals surface area contributed by atoms with Gasteiger partial charge in [-0.2, -0.15) is 0 Å². The van der Waals surface area contributed by atoms with E-state index in [0.717, 1.165) is 28.0 Å². The van der Waals surface area contributed by atoms with E-state index in [-0.39, 0.29) is 26.6 Å². The van der Waals surface area contributed by atoms with Crippen LogP contribution in [0.1, 0.15) is 5.69 Å². The van der Waals surface area contributed by atoms with Crippen LogP contribution in [0.5, 0.6) is 0 Å². The minimum atomic E-state index is -1.28. The standard InChI is InChI=1S/C16H15ClN8O5S5/c17-9-5(21-14(19)34-9)6(24-30)10(26)20-7-11(27)25-8(13(28)29)4(3-32-12(7)25)33-16-23-22-15(35-16)31-2-1-18/h7,12,30H,1-3,18H2,(H2,19,21)(H,20,26)(H,28,29)/b24-6-/t7-,12+/m1/s1. The van der Waals surface area contributed by atoms with Crippen LogP contribution in [0, 0.1) is 0 Å². The van der Waals surface area contributed by atoms with Gasteiger partial charge in [-0.25, -0.2) is 9.78 Å². The lowest BCUT2D eigenvalue weighted by molar-refractivity contribution is -0.150. The predicted molar refractivity (Wildman–Crippen MR) is 135 cm³/mol. The molecule has 0 saturated carbocycles. The van der Waals surface area contributed by atoms with Crippen molar-refractivity contribution in [2.24, 2.45) is 10.9 Å². The van der Waals surface area contributed by atoms with Crippen LogP contribution >= 0.6 is 69.6 Å². The molecule has 7 N–H and O–H groups in total. The van der Waals surface area contributed by atoms with Gasteiger partial charge < -0.3 is 27.1 Å². The molecule has 0 radical (unpaired) electrons. The third-order valence-electron chi connectivity index (χ3n) is 4.51. The number of nitrogens with one attached hydrogen (secondary N) is 1. The number of anilines is 1. The number of carbonyl (C=O) groups excluding carboxylic acids is 2. The summed E-state index contributed by atoms with van der Waals surface area (Å²) in [6.45, 7) is 0.490. The van der Waals surface area contributed by atoms with Gasteiger partial charge in [0.25, 0.3) is 11.8 Å². The molecule has 2 aromatic heterocycles. The summed E-state index contributed by atoms with van der Waals surface area (Å²) in [6.07, 6.45) is 0. The van der Waals surface area contributed by atoms with Crippen molar-refractivity contribution in [3.63, 3.8) is 0 Å². The van der Waals surface area contributed by atoms with E-state index in [4.69, 9.17) is 23.1 Å². The van der Waals surface area contributed by atoms with Crippen LogP contribution < -0.4 is 16.8 Å². The first-order valence-electron chi connectivity index (χ1n) is 9.45. The molecule has 1 fully saturated rings. The monoisotopic (exact) mass is 594 g/mol. The maximum atomic E-state index is 12.9. The summed E-state index contributed by atoms with van der Waals surface area (Å²) in [6, 6.07) is -1.04. The molecule has 2 amide bonds. The minimum absolute atomic E-state index is 0.0399. The molecule has 2 aromatic rings. The van der Waals surface area contributed by atoms with Gasteiger partial charge in [0.1, 0.15) is 27.1 Å². The highest BCUT2D eigenvalue weighted by atomic mass is 35.5. The minimum Gasteiger partial charge on any atom is -0.477 e. The van der Waals surface area contributed by atoms with Crippen molar-refractivity contribution in [2.45, 2.75) is 20.1 Å². The molecule has 1 saturated heterocycles. The van der Waals surface area contributed by atoms with Crippen LogP contribution in [-0.4, -0.2) is 83.4 Å².